The fourth-order valence-electron chi connectivity index (χ4n) is 2.92. The lowest BCUT2D eigenvalue weighted by Crippen LogP contribution is -2.24. The molecule has 2 aromatic rings. The van der Waals surface area contributed by atoms with E-state index >= 15 is 0 Å². The minimum atomic E-state index is -0.607. The van der Waals surface area contributed by atoms with E-state index in [1.165, 1.54) is 12.0 Å². The molecule has 1 amide bonds. The van der Waals surface area contributed by atoms with Gasteiger partial charge >= 0.3 is 5.97 Å². The number of anilines is 1. The molecule has 7 heteroatoms. The van der Waals surface area contributed by atoms with Gasteiger partial charge in [0.05, 0.1) is 23.9 Å². The molecule has 1 heterocycles. The summed E-state index contributed by atoms with van der Waals surface area (Å²) in [5, 5.41) is 1.28. The highest BCUT2D eigenvalue weighted by Crippen LogP contribution is 2.37. The summed E-state index contributed by atoms with van der Waals surface area (Å²) in [5.74, 6) is -0.990. The molecule has 1 aliphatic rings. The van der Waals surface area contributed by atoms with Crippen LogP contribution in [0.15, 0.2) is 59.3 Å². The van der Waals surface area contributed by atoms with Gasteiger partial charge in [0.2, 0.25) is 0 Å². The summed E-state index contributed by atoms with van der Waals surface area (Å²) < 4.78 is 4.88. The van der Waals surface area contributed by atoms with Gasteiger partial charge in [-0.1, -0.05) is 46.9 Å². The van der Waals surface area contributed by atoms with Gasteiger partial charge in [-0.25, -0.2) is 4.79 Å². The van der Waals surface area contributed by atoms with Gasteiger partial charge in [0.1, 0.15) is 0 Å². The summed E-state index contributed by atoms with van der Waals surface area (Å²) in [6, 6.07) is 11.7. The summed E-state index contributed by atoms with van der Waals surface area (Å²) in [6.45, 7) is 1.66. The number of ether oxygens (including phenoxy) is 1. The van der Waals surface area contributed by atoms with Crippen molar-refractivity contribution in [2.75, 3.05) is 12.0 Å². The Labute approximate surface area is 171 Å². The topological polar surface area (TPSA) is 46.6 Å². The Balaban J connectivity index is 2.17. The zero-order chi connectivity index (χ0) is 19.7. The molecule has 27 heavy (non-hydrogen) atoms. The highest BCUT2D eigenvalue weighted by atomic mass is 35.5. The van der Waals surface area contributed by atoms with Crippen LogP contribution in [0.5, 0.6) is 0 Å². The van der Waals surface area contributed by atoms with Crippen LogP contribution in [0.2, 0.25) is 15.1 Å². The van der Waals surface area contributed by atoms with E-state index < -0.39 is 5.97 Å². The number of nitrogens with zero attached hydrogens (tertiary/aromatic N) is 1. The van der Waals surface area contributed by atoms with Crippen LogP contribution in [-0.4, -0.2) is 19.0 Å². The molecule has 0 saturated carbocycles. The Morgan fingerprint density at radius 1 is 1.04 bits per heavy atom. The number of carbonyl (C=O) groups excluding carboxylic acids is 2. The third-order valence-electron chi connectivity index (χ3n) is 4.05. The maximum absolute atomic E-state index is 13.1. The van der Waals surface area contributed by atoms with Gasteiger partial charge in [-0.3, -0.25) is 9.69 Å². The minimum absolute atomic E-state index is 0.179. The minimum Gasteiger partial charge on any atom is -0.465 e. The molecule has 0 radical (unpaired) electrons. The first-order chi connectivity index (χ1) is 12.8. The predicted molar refractivity (Wildman–Crippen MR) is 108 cm³/mol. The van der Waals surface area contributed by atoms with Gasteiger partial charge in [-0.2, -0.15) is 0 Å². The number of amides is 1. The van der Waals surface area contributed by atoms with Crippen molar-refractivity contribution in [1.29, 1.82) is 0 Å². The van der Waals surface area contributed by atoms with Crippen molar-refractivity contribution in [2.24, 2.45) is 0 Å². The van der Waals surface area contributed by atoms with E-state index in [1.807, 2.05) is 0 Å². The lowest BCUT2D eigenvalue weighted by molar-refractivity contribution is -0.136. The number of rotatable bonds is 3. The van der Waals surface area contributed by atoms with Crippen molar-refractivity contribution < 1.29 is 14.3 Å². The van der Waals surface area contributed by atoms with Crippen LogP contribution in [0, 0.1) is 0 Å². The first kappa shape index (κ1) is 19.5. The van der Waals surface area contributed by atoms with Crippen LogP contribution in [-0.2, 0) is 14.3 Å². The second-order valence-corrected chi connectivity index (χ2v) is 7.14. The quantitative estimate of drug-likeness (QED) is 0.483. The van der Waals surface area contributed by atoms with Crippen LogP contribution in [0.25, 0.3) is 6.08 Å². The van der Waals surface area contributed by atoms with E-state index in [1.54, 1.807) is 55.5 Å². The number of benzene rings is 2. The molecule has 1 aliphatic heterocycles. The molecule has 0 bridgehead atoms. The number of hydrogen-bond donors (Lipinski definition) is 0. The van der Waals surface area contributed by atoms with Crippen LogP contribution in [0.4, 0.5) is 5.69 Å². The Morgan fingerprint density at radius 2 is 1.70 bits per heavy atom. The van der Waals surface area contributed by atoms with Crippen molar-refractivity contribution in [1.82, 2.24) is 0 Å². The number of esters is 1. The zero-order valence-corrected chi connectivity index (χ0v) is 16.7. The van der Waals surface area contributed by atoms with E-state index in [4.69, 9.17) is 39.5 Å². The van der Waals surface area contributed by atoms with Gasteiger partial charge < -0.3 is 4.74 Å². The molecule has 138 valence electrons. The number of methoxy groups -OCH3 is 1. The van der Waals surface area contributed by atoms with E-state index in [-0.39, 0.29) is 17.1 Å². The third kappa shape index (κ3) is 3.88. The highest BCUT2D eigenvalue weighted by Gasteiger charge is 2.38. The van der Waals surface area contributed by atoms with Gasteiger partial charge in [-0.05, 0) is 48.9 Å². The molecule has 0 unspecified atom stereocenters. The molecule has 4 nitrogen and oxygen atoms in total. The summed E-state index contributed by atoms with van der Waals surface area (Å²) in [7, 11) is 1.27. The molecular weight excluding hydrogens is 409 g/mol. The normalized spacial score (nSPS) is 15.7. The first-order valence-electron chi connectivity index (χ1n) is 7.89. The van der Waals surface area contributed by atoms with Gasteiger partial charge in [0.25, 0.3) is 5.91 Å². The zero-order valence-electron chi connectivity index (χ0n) is 14.4. The molecule has 0 aliphatic carbocycles. The molecule has 0 aromatic heterocycles. The van der Waals surface area contributed by atoms with Crippen molar-refractivity contribution >= 4 is 58.4 Å². The molecule has 0 saturated heterocycles. The largest absolute Gasteiger partial charge is 0.465 e. The molecule has 2 aromatic carbocycles. The van der Waals surface area contributed by atoms with E-state index in [9.17, 15) is 9.59 Å². The van der Waals surface area contributed by atoms with Crippen LogP contribution >= 0.6 is 34.8 Å². The molecule has 0 atom stereocenters. The predicted octanol–water partition coefficient (Wildman–Crippen LogP) is 5.52. The van der Waals surface area contributed by atoms with Gasteiger partial charge in [-0.15, -0.1) is 0 Å². The third-order valence-corrected chi connectivity index (χ3v) is 4.73. The summed E-state index contributed by atoms with van der Waals surface area (Å²) in [6.07, 6.45) is 1.61. The SMILES string of the molecule is COC(=O)C1=C(C)N(c2cc(Cl)cc(Cl)c2)C(=O)/C1=C\c1cccc(Cl)c1. The number of carbonyl (C=O) groups is 2. The van der Waals surface area contributed by atoms with E-state index in [0.717, 1.165) is 0 Å². The summed E-state index contributed by atoms with van der Waals surface area (Å²) in [5.41, 5.74) is 1.96. The number of allylic oxidation sites excluding steroid dienone is 1. The molecule has 0 fully saturated rings. The Morgan fingerprint density at radius 3 is 2.30 bits per heavy atom. The Bertz CT molecular complexity index is 991. The summed E-state index contributed by atoms with van der Waals surface area (Å²) in [4.78, 5) is 26.9. The fraction of sp³-hybridized carbons (Fsp3) is 0.100. The summed E-state index contributed by atoms with van der Waals surface area (Å²) >= 11 is 18.2. The van der Waals surface area contributed by atoms with E-state index in [0.29, 0.717) is 32.0 Å². The van der Waals surface area contributed by atoms with Crippen molar-refractivity contribution in [2.45, 2.75) is 6.92 Å². The Hall–Kier alpha value is -2.27. The van der Waals surface area contributed by atoms with E-state index in [2.05, 4.69) is 0 Å². The molecule has 0 spiro atoms. The average molecular weight is 423 g/mol. The van der Waals surface area contributed by atoms with Crippen LogP contribution in [0.3, 0.4) is 0 Å². The molecular formula is C20H14Cl3NO3. The number of hydrogen-bond acceptors (Lipinski definition) is 3. The average Bonchev–Trinajstić information content (AvgIpc) is 2.83. The number of halogens is 3. The monoisotopic (exact) mass is 421 g/mol. The fourth-order valence-corrected chi connectivity index (χ4v) is 3.64. The Kier molecular flexibility index (Phi) is 5.61. The van der Waals surface area contributed by atoms with Gasteiger partial charge in [0, 0.05) is 20.8 Å². The lowest BCUT2D eigenvalue weighted by Gasteiger charge is -2.18. The highest BCUT2D eigenvalue weighted by molar-refractivity contribution is 6.35. The second-order valence-electron chi connectivity index (χ2n) is 5.83. The van der Waals surface area contributed by atoms with Crippen molar-refractivity contribution in [3.63, 3.8) is 0 Å². The van der Waals surface area contributed by atoms with Crippen molar-refractivity contribution in [3.8, 4) is 0 Å². The molecule has 0 N–H and O–H groups in total. The lowest BCUT2D eigenvalue weighted by atomic mass is 10.0. The van der Waals surface area contributed by atoms with Gasteiger partial charge in [0.15, 0.2) is 0 Å². The smallest absolute Gasteiger partial charge is 0.340 e. The maximum atomic E-state index is 13.1. The van der Waals surface area contributed by atoms with Crippen LogP contribution < -0.4 is 4.90 Å². The molecule has 3 rings (SSSR count). The first-order valence-corrected chi connectivity index (χ1v) is 9.02. The maximum Gasteiger partial charge on any atom is 0.340 e. The van der Waals surface area contributed by atoms with Crippen LogP contribution in [0.1, 0.15) is 12.5 Å². The standard InChI is InChI=1S/C20H14Cl3NO3/c1-11-18(20(26)27-2)17(7-12-4-3-5-13(21)6-12)19(25)24(11)16-9-14(22)8-15(23)10-16/h3-10H,1-2H3/b17-7-. The second kappa shape index (κ2) is 7.77. The van der Waals surface area contributed by atoms with Crippen molar-refractivity contribution in [3.05, 3.63) is 79.9 Å².